The molecule has 1 aliphatic heterocycles. The number of methoxy groups -OCH3 is 1. The maximum atomic E-state index is 12.1. The Bertz CT molecular complexity index is 550. The molecule has 0 saturated carbocycles. The van der Waals surface area contributed by atoms with Crippen molar-refractivity contribution in [1.29, 1.82) is 0 Å². The van der Waals surface area contributed by atoms with Gasteiger partial charge in [-0.1, -0.05) is 30.3 Å². The quantitative estimate of drug-likeness (QED) is 0.875. The number of ether oxygens (including phenoxy) is 1. The van der Waals surface area contributed by atoms with Crippen molar-refractivity contribution in [3.63, 3.8) is 0 Å². The van der Waals surface area contributed by atoms with Gasteiger partial charge in [0.25, 0.3) is 0 Å². The Balaban J connectivity index is 1.98. The van der Waals surface area contributed by atoms with Gasteiger partial charge in [0.15, 0.2) is 5.78 Å². The van der Waals surface area contributed by atoms with Crippen molar-refractivity contribution in [1.82, 2.24) is 5.32 Å². The van der Waals surface area contributed by atoms with E-state index in [0.29, 0.717) is 12.2 Å². The maximum Gasteiger partial charge on any atom is 0.231 e. The molecule has 0 bridgehead atoms. The topological polar surface area (TPSA) is 55.4 Å². The standard InChI is InChI=1S/C15H15NO3/c1-19-12-8-10(17)7-11-13(12)15(18)16-14(11)9-5-3-2-4-6-9/h2-6,8,11,13-14H,7H2,1H3,(H,16,18)/t11-,13-,14+/m1/s1. The number of fused-ring (bicyclic) bond motifs is 1. The minimum absolute atomic E-state index is 0.0236. The van der Waals surface area contributed by atoms with Crippen molar-refractivity contribution in [2.24, 2.45) is 11.8 Å². The van der Waals surface area contributed by atoms with Crippen molar-refractivity contribution in [3.8, 4) is 0 Å². The van der Waals surface area contributed by atoms with Gasteiger partial charge in [-0.15, -0.1) is 0 Å². The van der Waals surface area contributed by atoms with E-state index >= 15 is 0 Å². The number of carbonyl (C=O) groups is 2. The molecule has 1 aliphatic carbocycles. The summed E-state index contributed by atoms with van der Waals surface area (Å²) in [5, 5.41) is 2.99. The van der Waals surface area contributed by atoms with E-state index in [1.807, 2.05) is 30.3 Å². The van der Waals surface area contributed by atoms with Crippen LogP contribution < -0.4 is 5.32 Å². The number of rotatable bonds is 2. The Labute approximate surface area is 111 Å². The second-order valence-corrected chi connectivity index (χ2v) is 4.96. The van der Waals surface area contributed by atoms with Crippen LogP contribution in [-0.4, -0.2) is 18.8 Å². The first-order valence-electron chi connectivity index (χ1n) is 6.34. The Morgan fingerprint density at radius 1 is 1.21 bits per heavy atom. The molecule has 3 atom stereocenters. The maximum absolute atomic E-state index is 12.1. The molecular weight excluding hydrogens is 242 g/mol. The third-order valence-electron chi connectivity index (χ3n) is 3.88. The first-order chi connectivity index (χ1) is 9.20. The molecule has 1 N–H and O–H groups in total. The van der Waals surface area contributed by atoms with E-state index in [-0.39, 0.29) is 29.6 Å². The number of nitrogens with one attached hydrogen (secondary N) is 1. The summed E-state index contributed by atoms with van der Waals surface area (Å²) in [6.07, 6.45) is 1.84. The van der Waals surface area contributed by atoms with E-state index in [1.165, 1.54) is 13.2 Å². The first kappa shape index (κ1) is 12.0. The molecule has 0 radical (unpaired) electrons. The molecule has 4 nitrogen and oxygen atoms in total. The highest BCUT2D eigenvalue weighted by molar-refractivity contribution is 5.96. The van der Waals surface area contributed by atoms with E-state index in [2.05, 4.69) is 5.32 Å². The number of allylic oxidation sites excluding steroid dienone is 1. The third-order valence-corrected chi connectivity index (χ3v) is 3.88. The Morgan fingerprint density at radius 3 is 2.63 bits per heavy atom. The molecule has 1 aromatic rings. The number of amides is 1. The number of ketones is 1. The van der Waals surface area contributed by atoms with Gasteiger partial charge >= 0.3 is 0 Å². The number of carbonyl (C=O) groups excluding carboxylic acids is 2. The van der Waals surface area contributed by atoms with Crippen molar-refractivity contribution < 1.29 is 14.3 Å². The van der Waals surface area contributed by atoms with E-state index < -0.39 is 0 Å². The van der Waals surface area contributed by atoms with Gasteiger partial charge in [-0.2, -0.15) is 0 Å². The molecule has 1 fully saturated rings. The van der Waals surface area contributed by atoms with Gasteiger partial charge in [-0.3, -0.25) is 9.59 Å². The minimum Gasteiger partial charge on any atom is -0.500 e. The molecule has 3 rings (SSSR count). The van der Waals surface area contributed by atoms with Crippen LogP contribution in [0.15, 0.2) is 42.2 Å². The van der Waals surface area contributed by atoms with E-state index in [9.17, 15) is 9.59 Å². The van der Waals surface area contributed by atoms with Gasteiger partial charge in [0.1, 0.15) is 11.7 Å². The molecule has 1 amide bonds. The highest BCUT2D eigenvalue weighted by atomic mass is 16.5. The fraction of sp³-hybridized carbons (Fsp3) is 0.333. The summed E-state index contributed by atoms with van der Waals surface area (Å²) >= 11 is 0. The van der Waals surface area contributed by atoms with E-state index in [1.54, 1.807) is 0 Å². The van der Waals surface area contributed by atoms with Crippen LogP contribution >= 0.6 is 0 Å². The molecule has 0 aromatic heterocycles. The average Bonchev–Trinajstić information content (AvgIpc) is 2.76. The summed E-state index contributed by atoms with van der Waals surface area (Å²) < 4.78 is 5.21. The molecule has 1 heterocycles. The van der Waals surface area contributed by atoms with Crippen molar-refractivity contribution >= 4 is 11.7 Å². The lowest BCUT2D eigenvalue weighted by atomic mass is 9.78. The van der Waals surface area contributed by atoms with Crippen molar-refractivity contribution in [2.45, 2.75) is 12.5 Å². The van der Waals surface area contributed by atoms with Gasteiger partial charge in [0.05, 0.1) is 13.2 Å². The molecular formula is C15H15NO3. The lowest BCUT2D eigenvalue weighted by Crippen LogP contribution is -2.27. The molecule has 4 heteroatoms. The summed E-state index contributed by atoms with van der Waals surface area (Å²) in [6, 6.07) is 9.65. The number of hydrogen-bond acceptors (Lipinski definition) is 3. The van der Waals surface area contributed by atoms with Crippen LogP contribution in [0.2, 0.25) is 0 Å². The zero-order valence-electron chi connectivity index (χ0n) is 10.6. The number of benzene rings is 1. The van der Waals surface area contributed by atoms with Crippen LogP contribution in [0.4, 0.5) is 0 Å². The summed E-state index contributed by atoms with van der Waals surface area (Å²) in [5.74, 6) is 0.0578. The van der Waals surface area contributed by atoms with Gasteiger partial charge < -0.3 is 10.1 Å². The first-order valence-corrected chi connectivity index (χ1v) is 6.34. The summed E-state index contributed by atoms with van der Waals surface area (Å²) in [6.45, 7) is 0. The van der Waals surface area contributed by atoms with Crippen LogP contribution in [-0.2, 0) is 14.3 Å². The average molecular weight is 257 g/mol. The molecule has 1 saturated heterocycles. The van der Waals surface area contributed by atoms with Gasteiger partial charge in [0, 0.05) is 18.4 Å². The van der Waals surface area contributed by atoms with Crippen molar-refractivity contribution in [2.75, 3.05) is 7.11 Å². The molecule has 19 heavy (non-hydrogen) atoms. The van der Waals surface area contributed by atoms with E-state index in [4.69, 9.17) is 4.74 Å². The molecule has 1 aromatic carbocycles. The normalized spacial score (nSPS) is 29.5. The Hall–Kier alpha value is -2.10. The fourth-order valence-corrected chi connectivity index (χ4v) is 3.03. The molecule has 0 spiro atoms. The molecule has 98 valence electrons. The van der Waals surface area contributed by atoms with Crippen LogP contribution in [0, 0.1) is 11.8 Å². The van der Waals surface area contributed by atoms with Crippen LogP contribution in [0.5, 0.6) is 0 Å². The lowest BCUT2D eigenvalue weighted by Gasteiger charge is -2.26. The van der Waals surface area contributed by atoms with Crippen LogP contribution in [0.25, 0.3) is 0 Å². The van der Waals surface area contributed by atoms with E-state index in [0.717, 1.165) is 5.56 Å². The second kappa shape index (κ2) is 4.53. The lowest BCUT2D eigenvalue weighted by molar-refractivity contribution is -0.123. The number of hydrogen-bond donors (Lipinski definition) is 1. The highest BCUT2D eigenvalue weighted by Gasteiger charge is 2.48. The van der Waals surface area contributed by atoms with Gasteiger partial charge in [0.2, 0.25) is 5.91 Å². The molecule has 0 unspecified atom stereocenters. The summed E-state index contributed by atoms with van der Waals surface area (Å²) in [5.41, 5.74) is 1.04. The second-order valence-electron chi connectivity index (χ2n) is 4.96. The van der Waals surface area contributed by atoms with Crippen LogP contribution in [0.3, 0.4) is 0 Å². The van der Waals surface area contributed by atoms with Gasteiger partial charge in [-0.05, 0) is 5.56 Å². The predicted octanol–water partition coefficient (Wildman–Crippen LogP) is 1.59. The zero-order chi connectivity index (χ0) is 13.4. The highest BCUT2D eigenvalue weighted by Crippen LogP contribution is 2.43. The smallest absolute Gasteiger partial charge is 0.231 e. The Morgan fingerprint density at radius 2 is 1.95 bits per heavy atom. The monoisotopic (exact) mass is 257 g/mol. The van der Waals surface area contributed by atoms with Crippen LogP contribution in [0.1, 0.15) is 18.0 Å². The Kier molecular flexibility index (Phi) is 2.85. The molecule has 2 aliphatic rings. The summed E-state index contributed by atoms with van der Waals surface area (Å²) in [4.78, 5) is 23.9. The van der Waals surface area contributed by atoms with Crippen molar-refractivity contribution in [3.05, 3.63) is 47.7 Å². The third kappa shape index (κ3) is 1.93. The predicted molar refractivity (Wildman–Crippen MR) is 69.0 cm³/mol. The summed E-state index contributed by atoms with van der Waals surface area (Å²) in [7, 11) is 1.50. The fourth-order valence-electron chi connectivity index (χ4n) is 3.03. The zero-order valence-corrected chi connectivity index (χ0v) is 10.6. The minimum atomic E-state index is -0.340. The SMILES string of the molecule is COC1=CC(=O)C[C@@H]2[C@H]1C(=O)N[C@H]2c1ccccc1. The van der Waals surface area contributed by atoms with Gasteiger partial charge in [-0.25, -0.2) is 0 Å². The largest absolute Gasteiger partial charge is 0.500 e.